The van der Waals surface area contributed by atoms with Gasteiger partial charge in [0.25, 0.3) is 0 Å². The van der Waals surface area contributed by atoms with Crippen LogP contribution in [0.3, 0.4) is 0 Å². The molecule has 4 rings (SSSR count). The summed E-state index contributed by atoms with van der Waals surface area (Å²) in [5.74, 6) is 1.08. The molecule has 0 N–H and O–H groups in total. The van der Waals surface area contributed by atoms with Crippen molar-refractivity contribution >= 4 is 33.4 Å². The minimum Gasteiger partial charge on any atom is -0.337 e. The lowest BCUT2D eigenvalue weighted by atomic mass is 10.1. The number of nitrogens with zero attached hydrogens (tertiary/aromatic N) is 3. The summed E-state index contributed by atoms with van der Waals surface area (Å²) in [7, 11) is 0. The van der Waals surface area contributed by atoms with Gasteiger partial charge >= 0.3 is 0 Å². The zero-order chi connectivity index (χ0) is 18.1. The average Bonchev–Trinajstić information content (AvgIpc) is 3.25. The smallest absolute Gasteiger partial charge is 0.249 e. The lowest BCUT2D eigenvalue weighted by Gasteiger charge is -2.22. The summed E-state index contributed by atoms with van der Waals surface area (Å²) in [6, 6.07) is 15.0. The minimum atomic E-state index is -0.202. The van der Waals surface area contributed by atoms with Crippen LogP contribution in [0.15, 0.2) is 57.5 Å². The van der Waals surface area contributed by atoms with E-state index in [1.165, 1.54) is 0 Å². The number of carbonyl (C=O) groups excluding carboxylic acids is 1. The van der Waals surface area contributed by atoms with Crippen molar-refractivity contribution in [2.75, 3.05) is 0 Å². The highest BCUT2D eigenvalue weighted by molar-refractivity contribution is 9.10. The number of likely N-dealkylation sites (tertiary alicyclic amines) is 1. The summed E-state index contributed by atoms with van der Waals surface area (Å²) in [5, 5.41) is 4.76. The van der Waals surface area contributed by atoms with E-state index in [4.69, 9.17) is 16.1 Å². The summed E-state index contributed by atoms with van der Waals surface area (Å²) in [5.41, 5.74) is 1.88. The number of amides is 1. The molecule has 0 saturated carbocycles. The van der Waals surface area contributed by atoms with Gasteiger partial charge in [0, 0.05) is 28.0 Å². The van der Waals surface area contributed by atoms with Crippen LogP contribution >= 0.6 is 27.5 Å². The Morgan fingerprint density at radius 2 is 2.04 bits per heavy atom. The Bertz CT molecular complexity index is 942. The van der Waals surface area contributed by atoms with E-state index in [1.54, 1.807) is 4.90 Å². The number of hydrogen-bond donors (Lipinski definition) is 0. The van der Waals surface area contributed by atoms with E-state index in [0.717, 1.165) is 15.6 Å². The molecule has 0 radical (unpaired) electrons. The molecule has 0 bridgehead atoms. The van der Waals surface area contributed by atoms with Gasteiger partial charge in [0.1, 0.15) is 6.04 Å². The maximum Gasteiger partial charge on any atom is 0.249 e. The van der Waals surface area contributed by atoms with E-state index in [0.29, 0.717) is 36.1 Å². The second-order valence-corrected chi connectivity index (χ2v) is 7.52. The van der Waals surface area contributed by atoms with Crippen molar-refractivity contribution < 1.29 is 9.32 Å². The maximum absolute atomic E-state index is 12.4. The molecule has 1 saturated heterocycles. The predicted octanol–water partition coefficient (Wildman–Crippen LogP) is 5.02. The van der Waals surface area contributed by atoms with Gasteiger partial charge in [-0.05, 0) is 36.2 Å². The molecule has 3 aromatic rings. The van der Waals surface area contributed by atoms with Gasteiger partial charge in [0.05, 0.1) is 0 Å². The van der Waals surface area contributed by atoms with E-state index in [1.807, 2.05) is 48.5 Å². The Labute approximate surface area is 164 Å². The molecule has 7 heteroatoms. The van der Waals surface area contributed by atoms with Crippen molar-refractivity contribution in [2.45, 2.75) is 25.4 Å². The molecule has 2 heterocycles. The van der Waals surface area contributed by atoms with Crippen molar-refractivity contribution in [1.82, 2.24) is 15.0 Å². The van der Waals surface area contributed by atoms with Crippen molar-refractivity contribution in [3.63, 3.8) is 0 Å². The normalized spacial score (nSPS) is 17.1. The molecule has 1 atom stereocenters. The first-order valence-electron chi connectivity index (χ1n) is 8.23. The number of hydrogen-bond acceptors (Lipinski definition) is 4. The minimum absolute atomic E-state index is 0.0900. The fraction of sp³-hybridized carbons (Fsp3) is 0.211. The topological polar surface area (TPSA) is 59.2 Å². The first-order chi connectivity index (χ1) is 12.6. The van der Waals surface area contributed by atoms with Crippen LogP contribution < -0.4 is 0 Å². The van der Waals surface area contributed by atoms with Crippen molar-refractivity contribution in [1.29, 1.82) is 0 Å². The van der Waals surface area contributed by atoms with Crippen LogP contribution in [0.5, 0.6) is 0 Å². The van der Waals surface area contributed by atoms with Gasteiger partial charge < -0.3 is 9.42 Å². The van der Waals surface area contributed by atoms with Crippen LogP contribution in [0.4, 0.5) is 0 Å². The second kappa shape index (κ2) is 7.21. The molecular weight excluding hydrogens is 418 g/mol. The Kier molecular flexibility index (Phi) is 4.78. The van der Waals surface area contributed by atoms with E-state index in [-0.39, 0.29) is 11.9 Å². The second-order valence-electron chi connectivity index (χ2n) is 6.17. The van der Waals surface area contributed by atoms with Crippen LogP contribution in [0.2, 0.25) is 5.02 Å². The van der Waals surface area contributed by atoms with E-state index < -0.39 is 0 Å². The largest absolute Gasteiger partial charge is 0.337 e. The summed E-state index contributed by atoms with van der Waals surface area (Å²) in [6.45, 7) is 0.495. The lowest BCUT2D eigenvalue weighted by molar-refractivity contribution is -0.129. The number of aromatic nitrogens is 2. The van der Waals surface area contributed by atoms with Crippen LogP contribution in [0, 0.1) is 0 Å². The van der Waals surface area contributed by atoms with Gasteiger partial charge in [0.15, 0.2) is 0 Å². The molecule has 132 valence electrons. The molecule has 26 heavy (non-hydrogen) atoms. The van der Waals surface area contributed by atoms with E-state index in [2.05, 4.69) is 26.1 Å². The molecule has 0 spiro atoms. The fourth-order valence-corrected chi connectivity index (χ4v) is 3.62. The third-order valence-electron chi connectivity index (χ3n) is 4.40. The van der Waals surface area contributed by atoms with E-state index in [9.17, 15) is 4.79 Å². The summed E-state index contributed by atoms with van der Waals surface area (Å²) in [6.07, 6.45) is 1.15. The van der Waals surface area contributed by atoms with Crippen LogP contribution in [-0.2, 0) is 11.3 Å². The predicted molar refractivity (Wildman–Crippen MR) is 101 cm³/mol. The van der Waals surface area contributed by atoms with Crippen molar-refractivity contribution in [3.05, 3.63) is 69.5 Å². The Hall–Kier alpha value is -2.18. The van der Waals surface area contributed by atoms with Crippen LogP contribution in [-0.4, -0.2) is 20.9 Å². The summed E-state index contributed by atoms with van der Waals surface area (Å²) >= 11 is 9.38. The number of halogens is 2. The van der Waals surface area contributed by atoms with Gasteiger partial charge in [-0.1, -0.05) is 57.0 Å². The van der Waals surface area contributed by atoms with E-state index >= 15 is 0 Å². The highest BCUT2D eigenvalue weighted by Crippen LogP contribution is 2.34. The molecule has 1 aromatic heterocycles. The Morgan fingerprint density at radius 1 is 1.23 bits per heavy atom. The first-order valence-corrected chi connectivity index (χ1v) is 9.41. The van der Waals surface area contributed by atoms with Crippen molar-refractivity contribution in [3.8, 4) is 11.4 Å². The SMILES string of the molecule is O=C1CCC(c2nc(-c3cccc(Br)c3)no2)N1Cc1ccc(Cl)cc1. The van der Waals surface area contributed by atoms with Gasteiger partial charge in [-0.2, -0.15) is 4.98 Å². The number of carbonyl (C=O) groups is 1. The molecule has 5 nitrogen and oxygen atoms in total. The quantitative estimate of drug-likeness (QED) is 0.581. The number of benzene rings is 2. The monoisotopic (exact) mass is 431 g/mol. The van der Waals surface area contributed by atoms with Crippen LogP contribution in [0.1, 0.15) is 30.3 Å². The maximum atomic E-state index is 12.4. The van der Waals surface area contributed by atoms with Gasteiger partial charge in [0.2, 0.25) is 17.6 Å². The van der Waals surface area contributed by atoms with Gasteiger partial charge in [-0.15, -0.1) is 0 Å². The highest BCUT2D eigenvalue weighted by Gasteiger charge is 2.36. The Balaban J connectivity index is 1.58. The molecular formula is C19H15BrClN3O2. The molecule has 0 aliphatic carbocycles. The van der Waals surface area contributed by atoms with Gasteiger partial charge in [-0.3, -0.25) is 4.79 Å². The molecule has 1 fully saturated rings. The molecule has 1 aliphatic rings. The first kappa shape index (κ1) is 17.2. The third kappa shape index (κ3) is 3.52. The summed E-state index contributed by atoms with van der Waals surface area (Å²) in [4.78, 5) is 18.7. The molecule has 2 aromatic carbocycles. The van der Waals surface area contributed by atoms with Gasteiger partial charge in [-0.25, -0.2) is 0 Å². The molecule has 1 aliphatic heterocycles. The zero-order valence-corrected chi connectivity index (χ0v) is 16.1. The standard InChI is InChI=1S/C19H15BrClN3O2/c20-14-3-1-2-13(10-14)18-22-19(26-23-18)16-8-9-17(25)24(16)11-12-4-6-15(21)7-5-12/h1-7,10,16H,8-9,11H2. The number of rotatable bonds is 4. The molecule has 1 unspecified atom stereocenters. The molecule has 1 amide bonds. The fourth-order valence-electron chi connectivity index (χ4n) is 3.09. The average molecular weight is 433 g/mol. The summed E-state index contributed by atoms with van der Waals surface area (Å²) < 4.78 is 6.43. The third-order valence-corrected chi connectivity index (χ3v) is 5.15. The van der Waals surface area contributed by atoms with Crippen molar-refractivity contribution in [2.24, 2.45) is 0 Å². The zero-order valence-electron chi connectivity index (χ0n) is 13.7. The Morgan fingerprint density at radius 3 is 2.81 bits per heavy atom. The highest BCUT2D eigenvalue weighted by atomic mass is 79.9. The van der Waals surface area contributed by atoms with Crippen LogP contribution in [0.25, 0.3) is 11.4 Å². The lowest BCUT2D eigenvalue weighted by Crippen LogP contribution is -2.27.